The smallest absolute Gasteiger partial charge is 0.287 e. The van der Waals surface area contributed by atoms with Crippen molar-refractivity contribution in [3.63, 3.8) is 0 Å². The van der Waals surface area contributed by atoms with Gasteiger partial charge in [0.25, 0.3) is 17.4 Å². The maximum Gasteiger partial charge on any atom is 0.287 e. The number of aromatic nitrogens is 2. The van der Waals surface area contributed by atoms with Gasteiger partial charge in [0.1, 0.15) is 10.6 Å². The van der Waals surface area contributed by atoms with Crippen LogP contribution in [-0.4, -0.2) is 28.9 Å². The van der Waals surface area contributed by atoms with Crippen molar-refractivity contribution >= 4 is 33.4 Å². The molecule has 0 spiro atoms. The normalized spacial score (nSPS) is 10.7. The molecule has 26 heavy (non-hydrogen) atoms. The summed E-state index contributed by atoms with van der Waals surface area (Å²) in [5.41, 5.74) is 6.12. The van der Waals surface area contributed by atoms with Gasteiger partial charge in [-0.15, -0.1) is 11.3 Å². The van der Waals surface area contributed by atoms with E-state index in [4.69, 9.17) is 10.5 Å². The number of fused-ring (bicyclic) bond motifs is 1. The molecule has 3 rings (SSSR count). The summed E-state index contributed by atoms with van der Waals surface area (Å²) in [4.78, 5) is 43.2. The van der Waals surface area contributed by atoms with E-state index >= 15 is 0 Å². The van der Waals surface area contributed by atoms with Gasteiger partial charge in [0.05, 0.1) is 17.4 Å². The summed E-state index contributed by atoms with van der Waals surface area (Å²) in [6.07, 6.45) is 0. The number of amides is 2. The molecule has 0 aliphatic rings. The molecule has 0 aliphatic carbocycles. The van der Waals surface area contributed by atoms with Crippen molar-refractivity contribution in [2.45, 2.75) is 13.5 Å². The summed E-state index contributed by atoms with van der Waals surface area (Å²) >= 11 is 0.995. The van der Waals surface area contributed by atoms with Crippen LogP contribution < -0.4 is 21.3 Å². The lowest BCUT2D eigenvalue weighted by Gasteiger charge is -2.06. The number of benzene rings is 1. The average Bonchev–Trinajstić information content (AvgIpc) is 2.97. The Bertz CT molecular complexity index is 1070. The molecular formula is C17H16N4O4S. The zero-order valence-electron chi connectivity index (χ0n) is 14.1. The van der Waals surface area contributed by atoms with Crippen LogP contribution in [0, 0.1) is 6.92 Å². The largest absolute Gasteiger partial charge is 0.497 e. The van der Waals surface area contributed by atoms with E-state index in [0.717, 1.165) is 16.9 Å². The summed E-state index contributed by atoms with van der Waals surface area (Å²) in [6, 6.07) is 7.24. The molecule has 0 atom stereocenters. The number of carbonyl (C=O) groups excluding carboxylic acids is 2. The molecule has 0 bridgehead atoms. The van der Waals surface area contributed by atoms with Gasteiger partial charge in [0, 0.05) is 6.54 Å². The van der Waals surface area contributed by atoms with Gasteiger partial charge in [0.2, 0.25) is 5.82 Å². The first-order chi connectivity index (χ1) is 12.4. The highest BCUT2D eigenvalue weighted by Crippen LogP contribution is 2.26. The second-order valence-electron chi connectivity index (χ2n) is 5.55. The third kappa shape index (κ3) is 3.29. The standard InChI is InChI=1S/C17H16N4O4S/c1-8-11-15(23)20-14(21-17(11)26-12(8)13(18)22)16(24)19-7-9-4-3-5-10(6-9)25-2/h3-6H,7H2,1-2H3,(H2,18,22)(H,19,24)(H,20,21,23). The van der Waals surface area contributed by atoms with Crippen molar-refractivity contribution in [3.8, 4) is 5.75 Å². The van der Waals surface area contributed by atoms with Crippen molar-refractivity contribution < 1.29 is 14.3 Å². The van der Waals surface area contributed by atoms with E-state index < -0.39 is 17.4 Å². The molecule has 3 aromatic rings. The number of aryl methyl sites for hydroxylation is 1. The average molecular weight is 372 g/mol. The number of nitrogens with zero attached hydrogens (tertiary/aromatic N) is 1. The molecule has 0 unspecified atom stereocenters. The molecule has 1 aromatic carbocycles. The number of nitrogens with two attached hydrogens (primary N) is 1. The Morgan fingerprint density at radius 1 is 1.38 bits per heavy atom. The Balaban J connectivity index is 1.86. The van der Waals surface area contributed by atoms with E-state index in [1.54, 1.807) is 26.2 Å². The highest BCUT2D eigenvalue weighted by Gasteiger charge is 2.19. The first kappa shape index (κ1) is 17.6. The lowest BCUT2D eigenvalue weighted by Crippen LogP contribution is -2.27. The minimum atomic E-state index is -0.631. The second-order valence-corrected chi connectivity index (χ2v) is 6.55. The highest BCUT2D eigenvalue weighted by molar-refractivity contribution is 7.20. The number of hydrogen-bond donors (Lipinski definition) is 3. The van der Waals surface area contributed by atoms with Gasteiger partial charge in [-0.2, -0.15) is 0 Å². The van der Waals surface area contributed by atoms with Gasteiger partial charge in [-0.3, -0.25) is 14.4 Å². The molecule has 9 heteroatoms. The molecule has 2 heterocycles. The predicted molar refractivity (Wildman–Crippen MR) is 97.7 cm³/mol. The number of primary amides is 1. The van der Waals surface area contributed by atoms with Crippen LogP contribution in [0.4, 0.5) is 0 Å². The maximum absolute atomic E-state index is 12.3. The van der Waals surface area contributed by atoms with E-state index in [2.05, 4.69) is 15.3 Å². The number of nitrogens with one attached hydrogen (secondary N) is 2. The summed E-state index contributed by atoms with van der Waals surface area (Å²) in [6.45, 7) is 1.87. The van der Waals surface area contributed by atoms with Crippen molar-refractivity contribution in [2.75, 3.05) is 7.11 Å². The Hall–Kier alpha value is -3.20. The zero-order chi connectivity index (χ0) is 18.8. The number of carbonyl (C=O) groups is 2. The Morgan fingerprint density at radius 2 is 2.15 bits per heavy atom. The van der Waals surface area contributed by atoms with Crippen LogP contribution in [0.15, 0.2) is 29.1 Å². The van der Waals surface area contributed by atoms with Crippen molar-refractivity contribution in [3.05, 3.63) is 56.4 Å². The zero-order valence-corrected chi connectivity index (χ0v) is 14.9. The van der Waals surface area contributed by atoms with Crippen LogP contribution in [0.5, 0.6) is 5.75 Å². The SMILES string of the molecule is COc1cccc(CNC(=O)c2nc3sc(C(N)=O)c(C)c3c(=O)[nH]2)c1. The van der Waals surface area contributed by atoms with Crippen LogP contribution in [0.3, 0.4) is 0 Å². The molecular weight excluding hydrogens is 356 g/mol. The first-order valence-corrected chi connectivity index (χ1v) is 8.46. The highest BCUT2D eigenvalue weighted by atomic mass is 32.1. The van der Waals surface area contributed by atoms with E-state index in [1.165, 1.54) is 0 Å². The summed E-state index contributed by atoms with van der Waals surface area (Å²) in [5.74, 6) is -0.604. The minimum absolute atomic E-state index is 0.123. The van der Waals surface area contributed by atoms with Gasteiger partial charge in [-0.05, 0) is 30.2 Å². The molecule has 0 saturated heterocycles. The van der Waals surface area contributed by atoms with Gasteiger partial charge in [-0.25, -0.2) is 4.98 Å². The predicted octanol–water partition coefficient (Wildman–Crippen LogP) is 1.33. The topological polar surface area (TPSA) is 127 Å². The number of thiophene rings is 1. The number of aromatic amines is 1. The lowest BCUT2D eigenvalue weighted by atomic mass is 10.2. The van der Waals surface area contributed by atoms with Gasteiger partial charge in [0.15, 0.2) is 0 Å². The van der Waals surface area contributed by atoms with Gasteiger partial charge >= 0.3 is 0 Å². The molecule has 0 radical (unpaired) electrons. The fraction of sp³-hybridized carbons (Fsp3) is 0.176. The molecule has 2 amide bonds. The summed E-state index contributed by atoms with van der Waals surface area (Å²) in [5, 5.41) is 2.96. The quantitative estimate of drug-likeness (QED) is 0.623. The summed E-state index contributed by atoms with van der Waals surface area (Å²) in [7, 11) is 1.56. The van der Waals surface area contributed by atoms with Crippen LogP contribution in [0.25, 0.3) is 10.2 Å². The number of methoxy groups -OCH3 is 1. The second kappa shape index (κ2) is 6.96. The van der Waals surface area contributed by atoms with E-state index in [9.17, 15) is 14.4 Å². The molecule has 2 aromatic heterocycles. The molecule has 0 aliphatic heterocycles. The van der Waals surface area contributed by atoms with E-state index in [1.807, 2.05) is 12.1 Å². The number of hydrogen-bond acceptors (Lipinski definition) is 6. The maximum atomic E-state index is 12.3. The van der Waals surface area contributed by atoms with Crippen molar-refractivity contribution in [1.29, 1.82) is 0 Å². The Morgan fingerprint density at radius 3 is 2.85 bits per heavy atom. The van der Waals surface area contributed by atoms with Crippen molar-refractivity contribution in [2.24, 2.45) is 5.73 Å². The number of H-pyrrole nitrogens is 1. The molecule has 0 saturated carbocycles. The Kier molecular flexibility index (Phi) is 4.72. The lowest BCUT2D eigenvalue weighted by molar-refractivity contribution is 0.0939. The molecule has 134 valence electrons. The fourth-order valence-corrected chi connectivity index (χ4v) is 3.57. The van der Waals surface area contributed by atoms with Crippen LogP contribution in [0.2, 0.25) is 0 Å². The van der Waals surface area contributed by atoms with Crippen molar-refractivity contribution in [1.82, 2.24) is 15.3 Å². The van der Waals surface area contributed by atoms with Gasteiger partial charge < -0.3 is 20.8 Å². The molecule has 0 fully saturated rings. The first-order valence-electron chi connectivity index (χ1n) is 7.65. The third-order valence-electron chi connectivity index (χ3n) is 3.83. The molecule has 4 N–H and O–H groups in total. The van der Waals surface area contributed by atoms with Crippen LogP contribution in [0.1, 0.15) is 31.4 Å². The van der Waals surface area contributed by atoms with E-state index in [-0.39, 0.29) is 22.6 Å². The summed E-state index contributed by atoms with van der Waals surface area (Å²) < 4.78 is 5.13. The minimum Gasteiger partial charge on any atom is -0.497 e. The monoisotopic (exact) mass is 372 g/mol. The van der Waals surface area contributed by atoms with Gasteiger partial charge in [-0.1, -0.05) is 12.1 Å². The van der Waals surface area contributed by atoms with E-state index in [0.29, 0.717) is 16.1 Å². The molecule has 8 nitrogen and oxygen atoms in total. The fourth-order valence-electron chi connectivity index (χ4n) is 2.53. The number of rotatable bonds is 5. The van der Waals surface area contributed by atoms with Crippen LogP contribution >= 0.6 is 11.3 Å². The third-order valence-corrected chi connectivity index (χ3v) is 5.03. The Labute approximate surface area is 152 Å². The van der Waals surface area contributed by atoms with Crippen LogP contribution in [-0.2, 0) is 6.54 Å². The number of ether oxygens (including phenoxy) is 1.